The third-order valence-electron chi connectivity index (χ3n) is 2.27. The van der Waals surface area contributed by atoms with Crippen LogP contribution in [-0.4, -0.2) is 49.6 Å². The van der Waals surface area contributed by atoms with Gasteiger partial charge < -0.3 is 4.90 Å². The highest BCUT2D eigenvalue weighted by Gasteiger charge is 2.22. The Morgan fingerprint density at radius 3 is 2.82 bits per heavy atom. The van der Waals surface area contributed by atoms with Crippen molar-refractivity contribution in [3.63, 3.8) is 0 Å². The first-order valence-corrected chi connectivity index (χ1v) is 3.99. The van der Waals surface area contributed by atoms with Crippen molar-refractivity contribution >= 4 is 0 Å². The first-order chi connectivity index (χ1) is 5.24. The maximum Gasteiger partial charge on any atom is 0.0866 e. The van der Waals surface area contributed by atoms with Crippen molar-refractivity contribution in [1.29, 1.82) is 5.26 Å². The molecule has 0 spiro atoms. The molecule has 1 aliphatic rings. The molecule has 0 saturated carbocycles. The van der Waals surface area contributed by atoms with Crippen LogP contribution in [-0.2, 0) is 0 Å². The molecule has 0 aromatic heterocycles. The van der Waals surface area contributed by atoms with Gasteiger partial charge in [0.2, 0.25) is 0 Å². The van der Waals surface area contributed by atoms with Gasteiger partial charge in [0.25, 0.3) is 0 Å². The topological polar surface area (TPSA) is 30.3 Å². The molecule has 62 valence electrons. The highest BCUT2D eigenvalue weighted by Crippen LogP contribution is 2.11. The second-order valence-corrected chi connectivity index (χ2v) is 3.30. The summed E-state index contributed by atoms with van der Waals surface area (Å²) in [4.78, 5) is 4.43. The Labute approximate surface area is 68.2 Å². The zero-order chi connectivity index (χ0) is 8.27. The lowest BCUT2D eigenvalue weighted by atomic mass is 10.2. The Kier molecular flexibility index (Phi) is 2.86. The molecule has 11 heavy (non-hydrogen) atoms. The Morgan fingerprint density at radius 2 is 2.36 bits per heavy atom. The number of likely N-dealkylation sites (N-methyl/N-ethyl adjacent to an activating group) is 1. The molecule has 1 fully saturated rings. The monoisotopic (exact) mass is 153 g/mol. The molecule has 1 aliphatic heterocycles. The quantitative estimate of drug-likeness (QED) is 0.529. The fourth-order valence-corrected chi connectivity index (χ4v) is 1.48. The zero-order valence-corrected chi connectivity index (χ0v) is 7.25. The lowest BCUT2D eigenvalue weighted by Crippen LogP contribution is -2.31. The Bertz CT molecular complexity index is 159. The van der Waals surface area contributed by atoms with Crippen molar-refractivity contribution in [1.82, 2.24) is 9.80 Å². The van der Waals surface area contributed by atoms with E-state index < -0.39 is 0 Å². The van der Waals surface area contributed by atoms with E-state index in [4.69, 9.17) is 5.26 Å². The Balaban J connectivity index is 2.30. The normalized spacial score (nSPS) is 25.8. The summed E-state index contributed by atoms with van der Waals surface area (Å²) in [5.41, 5.74) is 0. The summed E-state index contributed by atoms with van der Waals surface area (Å²) in [5.74, 6) is 0. The molecule has 0 radical (unpaired) electrons. The van der Waals surface area contributed by atoms with E-state index in [-0.39, 0.29) is 0 Å². The van der Waals surface area contributed by atoms with E-state index in [1.807, 2.05) is 0 Å². The molecule has 0 aromatic rings. The van der Waals surface area contributed by atoms with E-state index in [0.29, 0.717) is 12.6 Å². The van der Waals surface area contributed by atoms with Crippen LogP contribution in [0.1, 0.15) is 6.42 Å². The molecule has 1 saturated heterocycles. The summed E-state index contributed by atoms with van der Waals surface area (Å²) in [7, 11) is 4.20. The predicted molar refractivity (Wildman–Crippen MR) is 44.1 cm³/mol. The summed E-state index contributed by atoms with van der Waals surface area (Å²) in [6.45, 7) is 2.72. The smallest absolute Gasteiger partial charge is 0.0866 e. The van der Waals surface area contributed by atoms with Gasteiger partial charge in [0.1, 0.15) is 0 Å². The van der Waals surface area contributed by atoms with Gasteiger partial charge in [-0.25, -0.2) is 0 Å². The predicted octanol–water partition coefficient (Wildman–Crippen LogP) is 0.146. The van der Waals surface area contributed by atoms with Crippen molar-refractivity contribution < 1.29 is 0 Å². The van der Waals surface area contributed by atoms with Crippen LogP contribution in [0, 0.1) is 11.3 Å². The van der Waals surface area contributed by atoms with Crippen LogP contribution >= 0.6 is 0 Å². The minimum Gasteiger partial charge on any atom is -0.305 e. The van der Waals surface area contributed by atoms with Gasteiger partial charge >= 0.3 is 0 Å². The minimum atomic E-state index is 0.588. The summed E-state index contributed by atoms with van der Waals surface area (Å²) in [5, 5.41) is 8.45. The highest BCUT2D eigenvalue weighted by molar-refractivity contribution is 4.86. The number of nitrogens with zero attached hydrogens (tertiary/aromatic N) is 3. The van der Waals surface area contributed by atoms with Crippen molar-refractivity contribution in [3.05, 3.63) is 0 Å². The average molecular weight is 153 g/mol. The van der Waals surface area contributed by atoms with E-state index in [1.54, 1.807) is 0 Å². The molecule has 0 bridgehead atoms. The van der Waals surface area contributed by atoms with Gasteiger partial charge in [0.05, 0.1) is 12.6 Å². The van der Waals surface area contributed by atoms with Gasteiger partial charge in [0, 0.05) is 19.1 Å². The maximum absolute atomic E-state index is 8.45. The molecule has 0 amide bonds. The van der Waals surface area contributed by atoms with Gasteiger partial charge in [-0.1, -0.05) is 0 Å². The summed E-state index contributed by atoms with van der Waals surface area (Å²) in [6, 6.07) is 2.83. The number of rotatable bonds is 2. The molecule has 0 aliphatic carbocycles. The second kappa shape index (κ2) is 3.70. The first-order valence-electron chi connectivity index (χ1n) is 3.99. The summed E-state index contributed by atoms with van der Waals surface area (Å²) in [6.07, 6.45) is 1.20. The maximum atomic E-state index is 8.45. The molecular formula is C8H15N3. The van der Waals surface area contributed by atoms with E-state index >= 15 is 0 Å². The minimum absolute atomic E-state index is 0.588. The molecule has 1 heterocycles. The molecule has 0 aromatic carbocycles. The third-order valence-corrected chi connectivity index (χ3v) is 2.27. The SMILES string of the molecule is CN(C)C1CCN(CC#N)C1. The van der Waals surface area contributed by atoms with E-state index in [0.717, 1.165) is 13.1 Å². The van der Waals surface area contributed by atoms with Crippen LogP contribution in [0.3, 0.4) is 0 Å². The van der Waals surface area contributed by atoms with Crippen LogP contribution in [0.25, 0.3) is 0 Å². The van der Waals surface area contributed by atoms with Crippen LogP contribution in [0.5, 0.6) is 0 Å². The number of hydrogen-bond acceptors (Lipinski definition) is 3. The van der Waals surface area contributed by atoms with Crippen LogP contribution < -0.4 is 0 Å². The lowest BCUT2D eigenvalue weighted by molar-refractivity contribution is 0.281. The van der Waals surface area contributed by atoms with Crippen molar-refractivity contribution in [2.75, 3.05) is 33.7 Å². The van der Waals surface area contributed by atoms with Gasteiger partial charge in [-0.2, -0.15) is 5.26 Å². The molecule has 3 nitrogen and oxygen atoms in total. The Hall–Kier alpha value is -0.590. The van der Waals surface area contributed by atoms with Gasteiger partial charge in [0.15, 0.2) is 0 Å². The van der Waals surface area contributed by atoms with Crippen molar-refractivity contribution in [2.24, 2.45) is 0 Å². The molecule has 3 heteroatoms. The van der Waals surface area contributed by atoms with Crippen molar-refractivity contribution in [3.8, 4) is 6.07 Å². The molecule has 1 atom stereocenters. The fraction of sp³-hybridized carbons (Fsp3) is 0.875. The molecular weight excluding hydrogens is 138 g/mol. The van der Waals surface area contributed by atoms with E-state index in [1.165, 1.54) is 6.42 Å². The van der Waals surface area contributed by atoms with Gasteiger partial charge in [-0.05, 0) is 20.5 Å². The molecule has 0 N–H and O–H groups in total. The molecule has 1 unspecified atom stereocenters. The van der Waals surface area contributed by atoms with Gasteiger partial charge in [-0.3, -0.25) is 4.90 Å². The highest BCUT2D eigenvalue weighted by atomic mass is 15.2. The largest absolute Gasteiger partial charge is 0.305 e. The Morgan fingerprint density at radius 1 is 1.64 bits per heavy atom. The fourth-order valence-electron chi connectivity index (χ4n) is 1.48. The third kappa shape index (κ3) is 2.18. The number of likely N-dealkylation sites (tertiary alicyclic amines) is 1. The van der Waals surface area contributed by atoms with Crippen LogP contribution in [0.4, 0.5) is 0 Å². The first kappa shape index (κ1) is 8.51. The number of hydrogen-bond donors (Lipinski definition) is 0. The van der Waals surface area contributed by atoms with Crippen molar-refractivity contribution in [2.45, 2.75) is 12.5 Å². The summed E-state index contributed by atoms with van der Waals surface area (Å²) >= 11 is 0. The van der Waals surface area contributed by atoms with E-state index in [9.17, 15) is 0 Å². The lowest BCUT2D eigenvalue weighted by Gasteiger charge is -2.18. The second-order valence-electron chi connectivity index (χ2n) is 3.30. The van der Waals surface area contributed by atoms with Crippen LogP contribution in [0.2, 0.25) is 0 Å². The van der Waals surface area contributed by atoms with Gasteiger partial charge in [-0.15, -0.1) is 0 Å². The zero-order valence-electron chi connectivity index (χ0n) is 7.25. The molecule has 1 rings (SSSR count). The number of nitriles is 1. The standard InChI is InChI=1S/C8H15N3/c1-10(2)8-3-5-11(7-8)6-4-9/h8H,3,5-7H2,1-2H3. The van der Waals surface area contributed by atoms with E-state index in [2.05, 4.69) is 30.0 Å². The van der Waals surface area contributed by atoms with Crippen LogP contribution in [0.15, 0.2) is 0 Å². The summed E-state index contributed by atoms with van der Waals surface area (Å²) < 4.78 is 0. The average Bonchev–Trinajstić information content (AvgIpc) is 2.37.